The first kappa shape index (κ1) is 16.4. The van der Waals surface area contributed by atoms with Gasteiger partial charge in [-0.1, -0.05) is 12.1 Å². The lowest BCUT2D eigenvalue weighted by molar-refractivity contribution is -0.138. The number of carbonyl (C=O) groups is 1. The number of benzene rings is 1. The molecule has 23 heavy (non-hydrogen) atoms. The van der Waals surface area contributed by atoms with Crippen LogP contribution >= 0.6 is 0 Å². The number of likely N-dealkylation sites (tertiary alicyclic amines) is 1. The molecule has 0 radical (unpaired) electrons. The number of hydrogen-bond donors (Lipinski definition) is 1. The summed E-state index contributed by atoms with van der Waals surface area (Å²) in [6.45, 7) is 3.81. The Morgan fingerprint density at radius 2 is 2.13 bits per heavy atom. The first-order chi connectivity index (χ1) is 11.2. The van der Waals surface area contributed by atoms with E-state index in [1.165, 1.54) is 12.1 Å². The Kier molecular flexibility index (Phi) is 5.25. The van der Waals surface area contributed by atoms with Gasteiger partial charge in [0.25, 0.3) is 0 Å². The molecule has 2 saturated heterocycles. The molecule has 1 aromatic rings. The Hall–Kier alpha value is -1.50. The van der Waals surface area contributed by atoms with Crippen molar-refractivity contribution in [2.75, 3.05) is 46.0 Å². The van der Waals surface area contributed by atoms with Crippen LogP contribution in [0.2, 0.25) is 0 Å². The first-order valence-corrected chi connectivity index (χ1v) is 8.16. The minimum atomic E-state index is -0.480. The highest BCUT2D eigenvalue weighted by atomic mass is 19.1. The molecule has 3 rings (SSSR count). The summed E-state index contributed by atoms with van der Waals surface area (Å²) < 4.78 is 19.0. The van der Waals surface area contributed by atoms with Gasteiger partial charge >= 0.3 is 0 Å². The second kappa shape index (κ2) is 7.38. The summed E-state index contributed by atoms with van der Waals surface area (Å²) in [5.74, 6) is -0.187. The lowest BCUT2D eigenvalue weighted by Gasteiger charge is -2.36. The largest absolute Gasteiger partial charge is 0.396 e. The van der Waals surface area contributed by atoms with Crippen molar-refractivity contribution in [2.45, 2.75) is 12.5 Å². The van der Waals surface area contributed by atoms with Gasteiger partial charge in [-0.05, 0) is 24.1 Å². The molecule has 0 aliphatic carbocycles. The Morgan fingerprint density at radius 3 is 2.78 bits per heavy atom. The summed E-state index contributed by atoms with van der Waals surface area (Å²) in [7, 11) is 0. The third kappa shape index (κ3) is 3.71. The smallest absolute Gasteiger partial charge is 0.244 e. The maximum atomic E-state index is 13.7. The van der Waals surface area contributed by atoms with Crippen molar-refractivity contribution in [2.24, 2.45) is 5.92 Å². The topological polar surface area (TPSA) is 53.0 Å². The molecule has 126 valence electrons. The molecule has 2 unspecified atom stereocenters. The molecule has 0 saturated carbocycles. The molecule has 2 heterocycles. The van der Waals surface area contributed by atoms with Crippen molar-refractivity contribution in [1.82, 2.24) is 9.80 Å². The lowest BCUT2D eigenvalue weighted by Crippen LogP contribution is -2.46. The van der Waals surface area contributed by atoms with E-state index in [0.29, 0.717) is 45.0 Å². The normalized spacial score (nSPS) is 23.9. The molecule has 2 fully saturated rings. The van der Waals surface area contributed by atoms with Crippen LogP contribution in [-0.4, -0.2) is 66.8 Å². The van der Waals surface area contributed by atoms with Crippen LogP contribution in [0.5, 0.6) is 0 Å². The number of amides is 1. The van der Waals surface area contributed by atoms with E-state index in [0.717, 1.165) is 6.42 Å². The molecule has 0 bridgehead atoms. The number of rotatable bonds is 4. The van der Waals surface area contributed by atoms with Gasteiger partial charge in [0.15, 0.2) is 0 Å². The molecule has 5 nitrogen and oxygen atoms in total. The summed E-state index contributed by atoms with van der Waals surface area (Å²) in [5.41, 5.74) is 0.685. The van der Waals surface area contributed by atoms with Crippen LogP contribution in [0.15, 0.2) is 24.3 Å². The summed E-state index contributed by atoms with van der Waals surface area (Å²) in [6.07, 6.45) is 0.821. The number of nitrogens with zero attached hydrogens (tertiary/aromatic N) is 2. The number of ether oxygens (including phenoxy) is 1. The molecule has 1 N–H and O–H groups in total. The van der Waals surface area contributed by atoms with Crippen molar-refractivity contribution in [1.29, 1.82) is 0 Å². The highest BCUT2D eigenvalue weighted by molar-refractivity contribution is 5.83. The third-order valence-corrected chi connectivity index (χ3v) is 4.66. The average molecular weight is 322 g/mol. The second-order valence-electron chi connectivity index (χ2n) is 6.23. The van der Waals surface area contributed by atoms with Crippen molar-refractivity contribution < 1.29 is 19.0 Å². The molecular formula is C17H23FN2O3. The molecule has 1 aromatic carbocycles. The van der Waals surface area contributed by atoms with Gasteiger partial charge in [-0.3, -0.25) is 9.69 Å². The standard InChI is InChI=1S/C17H23FN2O3/c18-15-3-1-2-14(10-15)16(19-6-8-23-9-7-19)17(22)20-5-4-13(11-20)12-21/h1-3,10,13,16,21H,4-9,11-12H2. The Bertz CT molecular complexity index is 548. The second-order valence-corrected chi connectivity index (χ2v) is 6.23. The zero-order valence-electron chi connectivity index (χ0n) is 13.2. The van der Waals surface area contributed by atoms with Crippen LogP contribution < -0.4 is 0 Å². The van der Waals surface area contributed by atoms with Crippen LogP contribution in [0.25, 0.3) is 0 Å². The fourth-order valence-corrected chi connectivity index (χ4v) is 3.38. The van der Waals surface area contributed by atoms with Crippen LogP contribution in [0.1, 0.15) is 18.0 Å². The molecule has 0 aromatic heterocycles. The molecule has 2 atom stereocenters. The Balaban J connectivity index is 1.84. The highest BCUT2D eigenvalue weighted by Crippen LogP contribution is 2.27. The van der Waals surface area contributed by atoms with Crippen LogP contribution in [-0.2, 0) is 9.53 Å². The first-order valence-electron chi connectivity index (χ1n) is 8.16. The number of aliphatic hydroxyl groups is 1. The molecule has 2 aliphatic rings. The van der Waals surface area contributed by atoms with E-state index in [1.807, 2.05) is 0 Å². The summed E-state index contributed by atoms with van der Waals surface area (Å²) >= 11 is 0. The lowest BCUT2D eigenvalue weighted by atomic mass is 10.0. The molecule has 2 aliphatic heterocycles. The van der Waals surface area contributed by atoms with Crippen molar-refractivity contribution >= 4 is 5.91 Å². The zero-order chi connectivity index (χ0) is 16.2. The van der Waals surface area contributed by atoms with Crippen molar-refractivity contribution in [3.8, 4) is 0 Å². The highest BCUT2D eigenvalue weighted by Gasteiger charge is 2.35. The fourth-order valence-electron chi connectivity index (χ4n) is 3.38. The van der Waals surface area contributed by atoms with E-state index in [-0.39, 0.29) is 24.2 Å². The van der Waals surface area contributed by atoms with Crippen molar-refractivity contribution in [3.63, 3.8) is 0 Å². The Labute approximate surface area is 135 Å². The number of morpholine rings is 1. The number of hydrogen-bond acceptors (Lipinski definition) is 4. The maximum absolute atomic E-state index is 13.7. The van der Waals surface area contributed by atoms with Gasteiger partial charge in [0, 0.05) is 38.7 Å². The van der Waals surface area contributed by atoms with Gasteiger partial charge in [0.1, 0.15) is 11.9 Å². The van der Waals surface area contributed by atoms with Crippen LogP contribution in [0.4, 0.5) is 4.39 Å². The van der Waals surface area contributed by atoms with Gasteiger partial charge in [0.2, 0.25) is 5.91 Å². The van der Waals surface area contributed by atoms with E-state index in [2.05, 4.69) is 4.90 Å². The summed E-state index contributed by atoms with van der Waals surface area (Å²) in [6, 6.07) is 5.80. The van der Waals surface area contributed by atoms with Crippen molar-refractivity contribution in [3.05, 3.63) is 35.6 Å². The number of carbonyl (C=O) groups excluding carboxylic acids is 1. The average Bonchev–Trinajstić information content (AvgIpc) is 3.05. The summed E-state index contributed by atoms with van der Waals surface area (Å²) in [4.78, 5) is 16.9. The van der Waals surface area contributed by atoms with E-state index < -0.39 is 6.04 Å². The number of halogens is 1. The minimum absolute atomic E-state index is 0.00606. The van der Waals surface area contributed by atoms with Gasteiger partial charge in [-0.2, -0.15) is 0 Å². The maximum Gasteiger partial charge on any atom is 0.244 e. The van der Waals surface area contributed by atoms with E-state index in [9.17, 15) is 14.3 Å². The van der Waals surface area contributed by atoms with Gasteiger partial charge in [0.05, 0.1) is 13.2 Å². The molecule has 1 amide bonds. The summed E-state index contributed by atoms with van der Waals surface area (Å²) in [5, 5.41) is 9.29. The van der Waals surface area contributed by atoms with Gasteiger partial charge in [-0.25, -0.2) is 4.39 Å². The predicted octanol–water partition coefficient (Wildman–Crippen LogP) is 1.04. The quantitative estimate of drug-likeness (QED) is 0.900. The monoisotopic (exact) mass is 322 g/mol. The predicted molar refractivity (Wildman–Crippen MR) is 83.3 cm³/mol. The number of aliphatic hydroxyl groups excluding tert-OH is 1. The minimum Gasteiger partial charge on any atom is -0.396 e. The van der Waals surface area contributed by atoms with Crippen LogP contribution in [0.3, 0.4) is 0 Å². The van der Waals surface area contributed by atoms with Gasteiger partial charge < -0.3 is 14.7 Å². The van der Waals surface area contributed by atoms with E-state index in [4.69, 9.17) is 4.74 Å². The molecule has 6 heteroatoms. The zero-order valence-corrected chi connectivity index (χ0v) is 13.2. The van der Waals surface area contributed by atoms with Crippen LogP contribution in [0, 0.1) is 11.7 Å². The Morgan fingerprint density at radius 1 is 1.35 bits per heavy atom. The van der Waals surface area contributed by atoms with Gasteiger partial charge in [-0.15, -0.1) is 0 Å². The molecule has 0 spiro atoms. The fraction of sp³-hybridized carbons (Fsp3) is 0.588. The molecular weight excluding hydrogens is 299 g/mol. The SMILES string of the molecule is O=C(C(c1cccc(F)c1)N1CCOCC1)N1CCC(CO)C1. The van der Waals surface area contributed by atoms with E-state index in [1.54, 1.807) is 17.0 Å². The third-order valence-electron chi connectivity index (χ3n) is 4.66. The van der Waals surface area contributed by atoms with E-state index >= 15 is 0 Å².